The number of allylic oxidation sites excluding steroid dienone is 1. The molecule has 0 atom stereocenters. The van der Waals surface area contributed by atoms with Crippen LogP contribution in [0.5, 0.6) is 0 Å². The second kappa shape index (κ2) is 7.12. The van der Waals surface area contributed by atoms with Crippen molar-refractivity contribution in [3.8, 4) is 0 Å². The Morgan fingerprint density at radius 3 is 2.43 bits per heavy atom. The summed E-state index contributed by atoms with van der Waals surface area (Å²) in [6.07, 6.45) is 2.35. The number of esters is 1. The highest BCUT2D eigenvalue weighted by Gasteiger charge is 2.12. The van der Waals surface area contributed by atoms with Gasteiger partial charge in [0.2, 0.25) is 0 Å². The zero-order valence-electron chi connectivity index (χ0n) is 8.92. The molecular weight excluding hydrogens is 182 g/mol. The lowest BCUT2D eigenvalue weighted by Gasteiger charge is -2.05. The second-order valence-corrected chi connectivity index (χ2v) is 2.77. The number of rotatable bonds is 4. The molecule has 0 aromatic carbocycles. The highest BCUT2D eigenvalue weighted by molar-refractivity contribution is 5.95. The summed E-state index contributed by atoms with van der Waals surface area (Å²) in [5.41, 5.74) is 0.511. The summed E-state index contributed by atoms with van der Waals surface area (Å²) in [5.74, 6) is -0.566. The molecular formula is C10H17NO3. The van der Waals surface area contributed by atoms with Crippen LogP contribution in [0, 0.1) is 0 Å². The van der Waals surface area contributed by atoms with Crippen LogP contribution in [0.15, 0.2) is 11.6 Å². The predicted molar refractivity (Wildman–Crippen MR) is 53.8 cm³/mol. The van der Waals surface area contributed by atoms with Crippen LogP contribution in [-0.4, -0.2) is 18.6 Å². The van der Waals surface area contributed by atoms with E-state index in [4.69, 9.17) is 0 Å². The van der Waals surface area contributed by atoms with Crippen molar-refractivity contribution in [1.29, 1.82) is 0 Å². The fourth-order valence-corrected chi connectivity index (χ4v) is 0.879. The summed E-state index contributed by atoms with van der Waals surface area (Å²) in [6.45, 7) is 6.01. The average molecular weight is 199 g/mol. The summed E-state index contributed by atoms with van der Waals surface area (Å²) in [4.78, 5) is 22.2. The molecule has 4 heteroatoms. The van der Waals surface area contributed by atoms with Gasteiger partial charge in [-0.05, 0) is 19.8 Å². The van der Waals surface area contributed by atoms with E-state index in [2.05, 4.69) is 10.1 Å². The molecule has 0 aromatic rings. The number of hydrogen-bond acceptors (Lipinski definition) is 3. The van der Waals surface area contributed by atoms with Crippen LogP contribution in [0.2, 0.25) is 0 Å². The van der Waals surface area contributed by atoms with Gasteiger partial charge in [-0.1, -0.05) is 19.9 Å². The Morgan fingerprint density at radius 2 is 2.00 bits per heavy atom. The lowest BCUT2D eigenvalue weighted by atomic mass is 10.2. The molecule has 0 saturated heterocycles. The molecule has 0 bridgehead atoms. The van der Waals surface area contributed by atoms with E-state index in [9.17, 15) is 9.59 Å². The first-order valence-corrected chi connectivity index (χ1v) is 4.80. The Labute approximate surface area is 84.3 Å². The Bertz CT molecular complexity index is 234. The van der Waals surface area contributed by atoms with E-state index >= 15 is 0 Å². The van der Waals surface area contributed by atoms with Crippen LogP contribution < -0.4 is 5.32 Å². The lowest BCUT2D eigenvalue weighted by molar-refractivity contribution is -0.133. The third kappa shape index (κ3) is 4.64. The van der Waals surface area contributed by atoms with Gasteiger partial charge in [0, 0.05) is 12.1 Å². The smallest absolute Gasteiger partial charge is 0.373 e. The average Bonchev–Trinajstić information content (AvgIpc) is 2.16. The number of alkyl carbamates (subject to hydrolysis) is 1. The molecule has 0 rings (SSSR count). The summed E-state index contributed by atoms with van der Waals surface area (Å²) in [7, 11) is 0. The Morgan fingerprint density at radius 1 is 1.36 bits per heavy atom. The third-order valence-electron chi connectivity index (χ3n) is 1.70. The van der Waals surface area contributed by atoms with Crippen molar-refractivity contribution in [3.63, 3.8) is 0 Å². The minimum absolute atomic E-state index is 0.511. The largest absolute Gasteiger partial charge is 0.415 e. The molecule has 0 heterocycles. The van der Waals surface area contributed by atoms with Crippen LogP contribution in [0.4, 0.5) is 4.79 Å². The maximum absolute atomic E-state index is 11.2. The van der Waals surface area contributed by atoms with Crippen molar-refractivity contribution in [2.75, 3.05) is 6.54 Å². The number of nitrogens with one attached hydrogen (secondary N) is 1. The van der Waals surface area contributed by atoms with E-state index in [1.54, 1.807) is 13.0 Å². The lowest BCUT2D eigenvalue weighted by Crippen LogP contribution is -2.27. The zero-order valence-corrected chi connectivity index (χ0v) is 8.92. The van der Waals surface area contributed by atoms with Gasteiger partial charge in [0.15, 0.2) is 0 Å². The highest BCUT2D eigenvalue weighted by Crippen LogP contribution is 2.02. The van der Waals surface area contributed by atoms with Crippen LogP contribution in [0.25, 0.3) is 0 Å². The minimum atomic E-state index is -0.676. The normalized spacial score (nSPS) is 10.9. The molecule has 1 N–H and O–H groups in total. The first kappa shape index (κ1) is 12.7. The van der Waals surface area contributed by atoms with Gasteiger partial charge < -0.3 is 10.1 Å². The van der Waals surface area contributed by atoms with Crippen LogP contribution >= 0.6 is 0 Å². The molecule has 0 radical (unpaired) electrons. The van der Waals surface area contributed by atoms with Gasteiger partial charge in [0.05, 0.1) is 0 Å². The molecule has 0 aromatic heterocycles. The van der Waals surface area contributed by atoms with Crippen molar-refractivity contribution in [1.82, 2.24) is 5.32 Å². The summed E-state index contributed by atoms with van der Waals surface area (Å²) < 4.78 is 4.54. The van der Waals surface area contributed by atoms with Crippen molar-refractivity contribution in [2.45, 2.75) is 33.6 Å². The molecule has 0 aliphatic carbocycles. The molecule has 0 aliphatic rings. The Kier molecular flexibility index (Phi) is 6.45. The maximum Gasteiger partial charge on any atom is 0.415 e. The topological polar surface area (TPSA) is 55.4 Å². The van der Waals surface area contributed by atoms with Crippen molar-refractivity contribution in [3.05, 3.63) is 11.6 Å². The van der Waals surface area contributed by atoms with Gasteiger partial charge in [0.1, 0.15) is 0 Å². The van der Waals surface area contributed by atoms with E-state index in [0.717, 1.165) is 6.42 Å². The second-order valence-electron chi connectivity index (χ2n) is 2.77. The van der Waals surface area contributed by atoms with Gasteiger partial charge >= 0.3 is 12.1 Å². The standard InChI is InChI=1S/C10H17NO3/c1-4-7-11-10(13)14-9(12)8(5-2)6-3/h5H,4,6-7H2,1-3H3,(H,11,13). The van der Waals surface area contributed by atoms with Crippen molar-refractivity contribution < 1.29 is 14.3 Å². The third-order valence-corrected chi connectivity index (χ3v) is 1.70. The van der Waals surface area contributed by atoms with Gasteiger partial charge in [-0.25, -0.2) is 9.59 Å². The quantitative estimate of drug-likeness (QED) is 0.428. The summed E-state index contributed by atoms with van der Waals surface area (Å²) >= 11 is 0. The monoisotopic (exact) mass is 199 g/mol. The number of carbonyl (C=O) groups is 2. The fraction of sp³-hybridized carbons (Fsp3) is 0.600. The van der Waals surface area contributed by atoms with Crippen LogP contribution in [0.1, 0.15) is 33.6 Å². The Balaban J connectivity index is 3.99. The van der Waals surface area contributed by atoms with Crippen molar-refractivity contribution in [2.24, 2.45) is 0 Å². The molecule has 0 saturated carbocycles. The highest BCUT2D eigenvalue weighted by atomic mass is 16.6. The zero-order chi connectivity index (χ0) is 11.0. The molecule has 80 valence electrons. The molecule has 1 amide bonds. The van der Waals surface area contributed by atoms with Crippen molar-refractivity contribution >= 4 is 12.1 Å². The number of carbonyl (C=O) groups excluding carboxylic acids is 2. The summed E-state index contributed by atoms with van der Waals surface area (Å²) in [6, 6.07) is 0. The van der Waals surface area contributed by atoms with E-state index in [1.807, 2.05) is 13.8 Å². The number of hydrogen-bond donors (Lipinski definition) is 1. The number of ether oxygens (including phenoxy) is 1. The molecule has 0 aliphatic heterocycles. The first-order valence-electron chi connectivity index (χ1n) is 4.80. The predicted octanol–water partition coefficient (Wildman–Crippen LogP) is 2.01. The molecule has 0 fully saturated rings. The Hall–Kier alpha value is -1.32. The van der Waals surface area contributed by atoms with E-state index in [0.29, 0.717) is 18.5 Å². The van der Waals surface area contributed by atoms with Crippen LogP contribution in [-0.2, 0) is 9.53 Å². The SMILES string of the molecule is CC=C(CC)C(=O)OC(=O)NCCC. The number of amides is 1. The molecule has 4 nitrogen and oxygen atoms in total. The molecule has 14 heavy (non-hydrogen) atoms. The van der Waals surface area contributed by atoms with Crippen LogP contribution in [0.3, 0.4) is 0 Å². The maximum atomic E-state index is 11.2. The molecule has 0 spiro atoms. The first-order chi connectivity index (χ1) is 6.65. The fourth-order valence-electron chi connectivity index (χ4n) is 0.879. The van der Waals surface area contributed by atoms with Gasteiger partial charge in [-0.3, -0.25) is 0 Å². The van der Waals surface area contributed by atoms with E-state index in [1.165, 1.54) is 0 Å². The van der Waals surface area contributed by atoms with Gasteiger partial charge in [-0.2, -0.15) is 0 Å². The summed E-state index contributed by atoms with van der Waals surface area (Å²) in [5, 5.41) is 2.46. The minimum Gasteiger partial charge on any atom is -0.373 e. The van der Waals surface area contributed by atoms with E-state index in [-0.39, 0.29) is 0 Å². The van der Waals surface area contributed by atoms with Gasteiger partial charge in [-0.15, -0.1) is 0 Å². The molecule has 0 unspecified atom stereocenters. The van der Waals surface area contributed by atoms with E-state index < -0.39 is 12.1 Å². The van der Waals surface area contributed by atoms with Gasteiger partial charge in [0.25, 0.3) is 0 Å².